The van der Waals surface area contributed by atoms with Gasteiger partial charge in [-0.15, -0.1) is 0 Å². The molecule has 18 heavy (non-hydrogen) atoms. The molecule has 0 aromatic heterocycles. The molecular weight excluding hydrogens is 296 g/mol. The molecule has 2 rings (SSSR count). The third-order valence-electron chi connectivity index (χ3n) is 3.38. The average Bonchev–Trinajstić information content (AvgIpc) is 2.38. The summed E-state index contributed by atoms with van der Waals surface area (Å²) in [6.45, 7) is 0. The van der Waals surface area contributed by atoms with Crippen LogP contribution in [0.15, 0.2) is 28.7 Å². The summed E-state index contributed by atoms with van der Waals surface area (Å²) in [6.07, 6.45) is 1.67. The van der Waals surface area contributed by atoms with Crippen molar-refractivity contribution < 1.29 is 14.7 Å². The normalized spacial score (nSPS) is 21.7. The van der Waals surface area contributed by atoms with Crippen LogP contribution in [0.3, 0.4) is 0 Å². The fraction of sp³-hybridized carbons (Fsp3) is 0.429. The molecule has 4 heteroatoms. The van der Waals surface area contributed by atoms with Gasteiger partial charge in [0.25, 0.3) is 0 Å². The highest BCUT2D eigenvalue weighted by Gasteiger charge is 2.33. The zero-order valence-electron chi connectivity index (χ0n) is 9.93. The third-order valence-corrected chi connectivity index (χ3v) is 3.91. The molecule has 1 saturated carbocycles. The molecular formula is C14H15BrO3. The van der Waals surface area contributed by atoms with Gasteiger partial charge in [-0.25, -0.2) is 0 Å². The van der Waals surface area contributed by atoms with Gasteiger partial charge in [0.1, 0.15) is 11.9 Å². The molecule has 1 aromatic carbocycles. The number of hydrogen-bond donors (Lipinski definition) is 1. The van der Waals surface area contributed by atoms with E-state index in [0.717, 1.165) is 17.3 Å². The standard InChI is InChI=1S/C14H15BrO3/c15-10-7-5-9(6-8-10)13(17)14(18)11-3-1-2-4-12(11)16/h5-8,11,14,18H,1-4H2/t11-,14-/m0/s1. The van der Waals surface area contributed by atoms with Crippen molar-refractivity contribution >= 4 is 27.5 Å². The molecule has 2 atom stereocenters. The molecule has 3 nitrogen and oxygen atoms in total. The van der Waals surface area contributed by atoms with E-state index >= 15 is 0 Å². The molecule has 0 radical (unpaired) electrons. The maximum Gasteiger partial charge on any atom is 0.192 e. The maximum absolute atomic E-state index is 12.1. The number of ketones is 2. The van der Waals surface area contributed by atoms with Crippen molar-refractivity contribution in [2.75, 3.05) is 0 Å². The van der Waals surface area contributed by atoms with E-state index in [2.05, 4.69) is 15.9 Å². The van der Waals surface area contributed by atoms with Gasteiger partial charge in [0, 0.05) is 16.5 Å². The molecule has 1 aliphatic carbocycles. The van der Waals surface area contributed by atoms with Crippen LogP contribution in [0.4, 0.5) is 0 Å². The molecule has 1 N–H and O–H groups in total. The van der Waals surface area contributed by atoms with E-state index < -0.39 is 12.0 Å². The average molecular weight is 311 g/mol. The summed E-state index contributed by atoms with van der Waals surface area (Å²) in [7, 11) is 0. The summed E-state index contributed by atoms with van der Waals surface area (Å²) in [5, 5.41) is 10.1. The fourth-order valence-corrected chi connectivity index (χ4v) is 2.58. The van der Waals surface area contributed by atoms with Crippen molar-refractivity contribution in [3.63, 3.8) is 0 Å². The first kappa shape index (κ1) is 13.4. The van der Waals surface area contributed by atoms with Gasteiger partial charge in [0.05, 0.1) is 5.92 Å². The number of halogens is 1. The number of carbonyl (C=O) groups is 2. The number of benzene rings is 1. The Kier molecular flexibility index (Phi) is 4.30. The lowest BCUT2D eigenvalue weighted by Gasteiger charge is -2.24. The van der Waals surface area contributed by atoms with E-state index in [-0.39, 0.29) is 11.6 Å². The Labute approximate surface area is 114 Å². The summed E-state index contributed by atoms with van der Waals surface area (Å²) in [4.78, 5) is 23.8. The number of aliphatic hydroxyl groups excluding tert-OH is 1. The third kappa shape index (κ3) is 2.87. The molecule has 1 aliphatic rings. The van der Waals surface area contributed by atoms with Crippen molar-refractivity contribution in [3.8, 4) is 0 Å². The highest BCUT2D eigenvalue weighted by atomic mass is 79.9. The van der Waals surface area contributed by atoms with Crippen LogP contribution in [0.5, 0.6) is 0 Å². The van der Waals surface area contributed by atoms with Gasteiger partial charge in [0.15, 0.2) is 5.78 Å². The number of hydrogen-bond acceptors (Lipinski definition) is 3. The molecule has 96 valence electrons. The molecule has 0 unspecified atom stereocenters. The van der Waals surface area contributed by atoms with Crippen molar-refractivity contribution in [2.24, 2.45) is 5.92 Å². The van der Waals surface area contributed by atoms with E-state index in [1.54, 1.807) is 24.3 Å². The summed E-state index contributed by atoms with van der Waals surface area (Å²) >= 11 is 3.29. The van der Waals surface area contributed by atoms with Crippen LogP contribution in [0, 0.1) is 5.92 Å². The first-order valence-electron chi connectivity index (χ1n) is 6.10. The molecule has 0 aliphatic heterocycles. The SMILES string of the molecule is O=C(c1ccc(Br)cc1)[C@@H](O)[C@H]1CCCCC1=O. The molecule has 0 saturated heterocycles. The van der Waals surface area contributed by atoms with E-state index in [1.807, 2.05) is 0 Å². The Bertz CT molecular complexity index is 453. The van der Waals surface area contributed by atoms with Crippen LogP contribution in [0.25, 0.3) is 0 Å². The second-order valence-electron chi connectivity index (χ2n) is 4.63. The lowest BCUT2D eigenvalue weighted by molar-refractivity contribution is -0.127. The number of carbonyl (C=O) groups excluding carboxylic acids is 2. The van der Waals surface area contributed by atoms with Crippen LogP contribution in [-0.4, -0.2) is 22.8 Å². The van der Waals surface area contributed by atoms with Crippen LogP contribution < -0.4 is 0 Å². The summed E-state index contributed by atoms with van der Waals surface area (Å²) in [6, 6.07) is 6.82. The second kappa shape index (κ2) is 5.76. The molecule has 0 heterocycles. The topological polar surface area (TPSA) is 54.4 Å². The zero-order valence-corrected chi connectivity index (χ0v) is 11.5. The van der Waals surface area contributed by atoms with Crippen LogP contribution in [0.2, 0.25) is 0 Å². The van der Waals surface area contributed by atoms with E-state index in [0.29, 0.717) is 18.4 Å². The number of aliphatic hydroxyl groups is 1. The predicted octanol–water partition coefficient (Wildman–Crippen LogP) is 2.75. The molecule has 1 aromatic rings. The van der Waals surface area contributed by atoms with Crippen molar-refractivity contribution in [1.82, 2.24) is 0 Å². The van der Waals surface area contributed by atoms with Crippen LogP contribution in [-0.2, 0) is 4.79 Å². The first-order chi connectivity index (χ1) is 8.59. The van der Waals surface area contributed by atoms with E-state index in [4.69, 9.17) is 0 Å². The first-order valence-corrected chi connectivity index (χ1v) is 6.89. The van der Waals surface area contributed by atoms with Gasteiger partial charge >= 0.3 is 0 Å². The largest absolute Gasteiger partial charge is 0.384 e. The highest BCUT2D eigenvalue weighted by Crippen LogP contribution is 2.25. The number of rotatable bonds is 3. The van der Waals surface area contributed by atoms with Gasteiger partial charge in [-0.3, -0.25) is 9.59 Å². The van der Waals surface area contributed by atoms with E-state index in [9.17, 15) is 14.7 Å². The Balaban J connectivity index is 2.12. The van der Waals surface area contributed by atoms with E-state index in [1.165, 1.54) is 0 Å². The Hall–Kier alpha value is -1.00. The fourth-order valence-electron chi connectivity index (χ4n) is 2.31. The predicted molar refractivity (Wildman–Crippen MR) is 71.4 cm³/mol. The summed E-state index contributed by atoms with van der Waals surface area (Å²) < 4.78 is 0.877. The molecule has 1 fully saturated rings. The van der Waals surface area contributed by atoms with Gasteiger partial charge in [0.2, 0.25) is 0 Å². The Morgan fingerprint density at radius 3 is 2.56 bits per heavy atom. The summed E-state index contributed by atoms with van der Waals surface area (Å²) in [5.74, 6) is -0.864. The zero-order chi connectivity index (χ0) is 13.1. The second-order valence-corrected chi connectivity index (χ2v) is 5.55. The molecule has 0 amide bonds. The van der Waals surface area contributed by atoms with Crippen molar-refractivity contribution in [1.29, 1.82) is 0 Å². The van der Waals surface area contributed by atoms with Gasteiger partial charge in [-0.05, 0) is 25.0 Å². The smallest absolute Gasteiger partial charge is 0.192 e. The van der Waals surface area contributed by atoms with Gasteiger partial charge in [-0.2, -0.15) is 0 Å². The minimum Gasteiger partial charge on any atom is -0.384 e. The quantitative estimate of drug-likeness (QED) is 0.873. The Morgan fingerprint density at radius 1 is 1.28 bits per heavy atom. The minimum atomic E-state index is -1.20. The summed E-state index contributed by atoms with van der Waals surface area (Å²) in [5.41, 5.74) is 0.448. The monoisotopic (exact) mass is 310 g/mol. The van der Waals surface area contributed by atoms with Crippen LogP contribution in [0.1, 0.15) is 36.0 Å². The molecule has 0 spiro atoms. The lowest BCUT2D eigenvalue weighted by atomic mass is 9.81. The minimum absolute atomic E-state index is 0.0132. The maximum atomic E-state index is 12.1. The lowest BCUT2D eigenvalue weighted by Crippen LogP contribution is -2.36. The van der Waals surface area contributed by atoms with Crippen LogP contribution >= 0.6 is 15.9 Å². The highest BCUT2D eigenvalue weighted by molar-refractivity contribution is 9.10. The number of Topliss-reactive ketones (excluding diaryl/α,β-unsaturated/α-hetero) is 2. The Morgan fingerprint density at radius 2 is 1.94 bits per heavy atom. The van der Waals surface area contributed by atoms with Crippen molar-refractivity contribution in [3.05, 3.63) is 34.3 Å². The van der Waals surface area contributed by atoms with Gasteiger partial charge in [-0.1, -0.05) is 34.5 Å². The molecule has 0 bridgehead atoms. The van der Waals surface area contributed by atoms with Gasteiger partial charge < -0.3 is 5.11 Å². The van der Waals surface area contributed by atoms with Crippen molar-refractivity contribution in [2.45, 2.75) is 31.8 Å².